The Morgan fingerprint density at radius 3 is 2.80 bits per heavy atom. The highest BCUT2D eigenvalue weighted by Crippen LogP contribution is 2.24. The van der Waals surface area contributed by atoms with E-state index < -0.39 is 5.97 Å². The normalized spacial score (nSPS) is 22.6. The monoisotopic (exact) mass is 295 g/mol. The Morgan fingerprint density at radius 1 is 1.45 bits per heavy atom. The number of hydrogen-bond donors (Lipinski definition) is 1. The summed E-state index contributed by atoms with van der Waals surface area (Å²) in [5, 5.41) is 9.65. The van der Waals surface area contributed by atoms with E-state index in [1.807, 2.05) is 19.1 Å². The van der Waals surface area contributed by atoms with Gasteiger partial charge in [-0.2, -0.15) is 0 Å². The molecule has 1 fully saturated rings. The van der Waals surface area contributed by atoms with Gasteiger partial charge in [-0.25, -0.2) is 0 Å². The minimum atomic E-state index is -0.765. The Balaban J connectivity index is 1.98. The van der Waals surface area contributed by atoms with Gasteiger partial charge in [0, 0.05) is 17.6 Å². The lowest BCUT2D eigenvalue weighted by atomic mass is 9.91. The van der Waals surface area contributed by atoms with Crippen molar-refractivity contribution in [1.29, 1.82) is 0 Å². The third kappa shape index (κ3) is 3.51. The topological polar surface area (TPSA) is 57.6 Å². The lowest BCUT2D eigenvalue weighted by Crippen LogP contribution is -2.46. The van der Waals surface area contributed by atoms with E-state index in [0.29, 0.717) is 30.8 Å². The maximum absolute atomic E-state index is 12.3. The van der Waals surface area contributed by atoms with Crippen molar-refractivity contribution in [1.82, 2.24) is 4.90 Å². The molecule has 0 spiro atoms. The Bertz CT molecular complexity index is 518. The number of benzene rings is 1. The summed E-state index contributed by atoms with van der Waals surface area (Å²) in [5.74, 6) is -1.07. The van der Waals surface area contributed by atoms with Gasteiger partial charge < -0.3 is 10.0 Å². The number of aliphatic carboxylic acids is 1. The Morgan fingerprint density at radius 2 is 2.20 bits per heavy atom. The fourth-order valence-corrected chi connectivity index (χ4v) is 2.90. The number of carbonyl (C=O) groups excluding carboxylic acids is 1. The highest BCUT2D eigenvalue weighted by molar-refractivity contribution is 6.30. The van der Waals surface area contributed by atoms with Gasteiger partial charge in [-0.15, -0.1) is 0 Å². The zero-order valence-electron chi connectivity index (χ0n) is 11.4. The molecule has 0 aromatic heterocycles. The second-order valence-electron chi connectivity index (χ2n) is 5.30. The number of piperidine rings is 1. The number of nitrogens with zero attached hydrogens (tertiary/aromatic N) is 1. The number of halogens is 1. The van der Waals surface area contributed by atoms with Crippen LogP contribution in [0.15, 0.2) is 24.3 Å². The van der Waals surface area contributed by atoms with Crippen LogP contribution in [-0.2, 0) is 16.0 Å². The molecule has 0 saturated carbocycles. The van der Waals surface area contributed by atoms with Crippen LogP contribution in [0.3, 0.4) is 0 Å². The molecule has 0 bridgehead atoms. The third-order valence-corrected chi connectivity index (χ3v) is 4.03. The molecule has 2 rings (SSSR count). The average molecular weight is 296 g/mol. The van der Waals surface area contributed by atoms with Crippen molar-refractivity contribution in [3.63, 3.8) is 0 Å². The second-order valence-corrected chi connectivity index (χ2v) is 5.74. The summed E-state index contributed by atoms with van der Waals surface area (Å²) < 4.78 is 0. The van der Waals surface area contributed by atoms with E-state index in [1.54, 1.807) is 17.0 Å². The van der Waals surface area contributed by atoms with Crippen molar-refractivity contribution in [3.8, 4) is 0 Å². The maximum Gasteiger partial charge on any atom is 0.306 e. The first-order chi connectivity index (χ1) is 9.47. The highest BCUT2D eigenvalue weighted by Gasteiger charge is 2.31. The first-order valence-electron chi connectivity index (χ1n) is 6.74. The summed E-state index contributed by atoms with van der Waals surface area (Å²) >= 11 is 5.91. The first kappa shape index (κ1) is 14.9. The molecule has 2 atom stereocenters. The number of likely N-dealkylation sites (tertiary alicyclic amines) is 1. The highest BCUT2D eigenvalue weighted by atomic mass is 35.5. The fourth-order valence-electron chi connectivity index (χ4n) is 2.69. The molecule has 5 heteroatoms. The van der Waals surface area contributed by atoms with Crippen molar-refractivity contribution in [3.05, 3.63) is 34.9 Å². The molecular formula is C15H18ClNO3. The predicted molar refractivity (Wildman–Crippen MR) is 76.7 cm³/mol. The van der Waals surface area contributed by atoms with Crippen LogP contribution in [0.4, 0.5) is 0 Å². The number of carboxylic acids is 1. The van der Waals surface area contributed by atoms with Crippen LogP contribution in [0.2, 0.25) is 5.02 Å². The van der Waals surface area contributed by atoms with E-state index in [1.165, 1.54) is 0 Å². The Labute approximate surface area is 123 Å². The molecule has 1 aliphatic rings. The van der Waals surface area contributed by atoms with E-state index in [2.05, 4.69) is 0 Å². The summed E-state index contributed by atoms with van der Waals surface area (Å²) in [7, 11) is 0. The fraction of sp³-hybridized carbons (Fsp3) is 0.467. The van der Waals surface area contributed by atoms with E-state index >= 15 is 0 Å². The number of carboxylic acid groups (broad SMARTS) is 1. The van der Waals surface area contributed by atoms with Gasteiger partial charge >= 0.3 is 5.97 Å². The van der Waals surface area contributed by atoms with Crippen molar-refractivity contribution in [2.24, 2.45) is 5.92 Å². The zero-order valence-corrected chi connectivity index (χ0v) is 12.1. The van der Waals surface area contributed by atoms with Crippen LogP contribution >= 0.6 is 11.6 Å². The van der Waals surface area contributed by atoms with Gasteiger partial charge in [0.15, 0.2) is 0 Å². The molecule has 1 aliphatic heterocycles. The lowest BCUT2D eigenvalue weighted by Gasteiger charge is -2.36. The molecule has 108 valence electrons. The van der Waals surface area contributed by atoms with Gasteiger partial charge in [0.05, 0.1) is 12.3 Å². The quantitative estimate of drug-likeness (QED) is 0.932. The average Bonchev–Trinajstić information content (AvgIpc) is 2.38. The maximum atomic E-state index is 12.3. The number of rotatable bonds is 3. The van der Waals surface area contributed by atoms with Crippen LogP contribution in [0.5, 0.6) is 0 Å². The summed E-state index contributed by atoms with van der Waals surface area (Å²) in [6.45, 7) is 2.42. The molecule has 1 aromatic rings. The predicted octanol–water partition coefficient (Wildman–Crippen LogP) is 2.59. The molecule has 20 heavy (non-hydrogen) atoms. The van der Waals surface area contributed by atoms with Crippen LogP contribution in [-0.4, -0.2) is 34.5 Å². The van der Waals surface area contributed by atoms with Crippen LogP contribution in [0.25, 0.3) is 0 Å². The van der Waals surface area contributed by atoms with Crippen molar-refractivity contribution in [2.45, 2.75) is 32.2 Å². The third-order valence-electron chi connectivity index (χ3n) is 3.79. The largest absolute Gasteiger partial charge is 0.481 e. The molecule has 1 amide bonds. The number of amides is 1. The molecule has 1 saturated heterocycles. The first-order valence-corrected chi connectivity index (χ1v) is 7.12. The van der Waals surface area contributed by atoms with Gasteiger partial charge in [0.25, 0.3) is 0 Å². The van der Waals surface area contributed by atoms with Gasteiger partial charge in [-0.1, -0.05) is 23.7 Å². The SMILES string of the molecule is CC1CC(C(=O)O)CCN1C(=O)Cc1cccc(Cl)c1. The van der Waals surface area contributed by atoms with Gasteiger partial charge in [-0.05, 0) is 37.5 Å². The summed E-state index contributed by atoms with van der Waals surface area (Å²) in [6.07, 6.45) is 1.36. The van der Waals surface area contributed by atoms with Crippen molar-refractivity contribution >= 4 is 23.5 Å². The lowest BCUT2D eigenvalue weighted by molar-refractivity contribution is -0.147. The molecule has 0 aliphatic carbocycles. The van der Waals surface area contributed by atoms with E-state index in [4.69, 9.17) is 16.7 Å². The molecule has 2 unspecified atom stereocenters. The van der Waals surface area contributed by atoms with Gasteiger partial charge in [0.2, 0.25) is 5.91 Å². The molecule has 1 aromatic carbocycles. The van der Waals surface area contributed by atoms with Gasteiger partial charge in [0.1, 0.15) is 0 Å². The van der Waals surface area contributed by atoms with E-state index in [-0.39, 0.29) is 17.9 Å². The summed E-state index contributed by atoms with van der Waals surface area (Å²) in [4.78, 5) is 25.1. The van der Waals surface area contributed by atoms with Crippen molar-refractivity contribution < 1.29 is 14.7 Å². The number of hydrogen-bond acceptors (Lipinski definition) is 2. The van der Waals surface area contributed by atoms with Crippen LogP contribution in [0, 0.1) is 5.92 Å². The molecule has 1 N–H and O–H groups in total. The standard InChI is InChI=1S/C15H18ClNO3/c1-10-7-12(15(19)20)5-6-17(10)14(18)9-11-3-2-4-13(16)8-11/h2-4,8,10,12H,5-7,9H2,1H3,(H,19,20). The molecule has 0 radical (unpaired) electrons. The number of carbonyl (C=O) groups is 2. The molecular weight excluding hydrogens is 278 g/mol. The van der Waals surface area contributed by atoms with Crippen LogP contribution in [0.1, 0.15) is 25.3 Å². The molecule has 1 heterocycles. The smallest absolute Gasteiger partial charge is 0.306 e. The van der Waals surface area contributed by atoms with Crippen molar-refractivity contribution in [2.75, 3.05) is 6.54 Å². The summed E-state index contributed by atoms with van der Waals surface area (Å²) in [5.41, 5.74) is 0.884. The summed E-state index contributed by atoms with van der Waals surface area (Å²) in [6, 6.07) is 7.23. The van der Waals surface area contributed by atoms with E-state index in [0.717, 1.165) is 5.56 Å². The van der Waals surface area contributed by atoms with Crippen LogP contribution < -0.4 is 0 Å². The Hall–Kier alpha value is -1.55. The zero-order chi connectivity index (χ0) is 14.7. The van der Waals surface area contributed by atoms with E-state index in [9.17, 15) is 9.59 Å². The second kappa shape index (κ2) is 6.27. The minimum Gasteiger partial charge on any atom is -0.481 e. The molecule has 4 nitrogen and oxygen atoms in total. The minimum absolute atomic E-state index is 0.0310. The Kier molecular flexibility index (Phi) is 4.65. The van der Waals surface area contributed by atoms with Gasteiger partial charge in [-0.3, -0.25) is 9.59 Å².